The first kappa shape index (κ1) is 19.6. The summed E-state index contributed by atoms with van der Waals surface area (Å²) >= 11 is 1.61. The van der Waals surface area contributed by atoms with Crippen LogP contribution in [0.5, 0.6) is 5.75 Å². The molecule has 1 heterocycles. The number of nitrogens with zero attached hydrogens (tertiary/aromatic N) is 1. The SMILES string of the molecule is Cc1cccc(OCCC(=O)N2CSCC2C(=O)NC(C)(C)C)c1C. The topological polar surface area (TPSA) is 58.6 Å². The average molecular weight is 365 g/mol. The normalized spacial score (nSPS) is 17.5. The van der Waals surface area contributed by atoms with Gasteiger partial charge in [0.25, 0.3) is 0 Å². The molecule has 1 saturated heterocycles. The fraction of sp³-hybridized carbons (Fsp3) is 0.579. The minimum Gasteiger partial charge on any atom is -0.493 e. The van der Waals surface area contributed by atoms with E-state index < -0.39 is 6.04 Å². The molecule has 1 aliphatic rings. The van der Waals surface area contributed by atoms with Crippen molar-refractivity contribution in [2.24, 2.45) is 0 Å². The van der Waals surface area contributed by atoms with E-state index >= 15 is 0 Å². The molecule has 1 unspecified atom stereocenters. The summed E-state index contributed by atoms with van der Waals surface area (Å²) in [6.07, 6.45) is 0.271. The van der Waals surface area contributed by atoms with E-state index in [9.17, 15) is 9.59 Å². The van der Waals surface area contributed by atoms with Crippen LogP contribution >= 0.6 is 11.8 Å². The zero-order valence-corrected chi connectivity index (χ0v) is 16.5. The van der Waals surface area contributed by atoms with Gasteiger partial charge in [0.15, 0.2) is 0 Å². The molecule has 2 rings (SSSR count). The van der Waals surface area contributed by atoms with Gasteiger partial charge in [0.1, 0.15) is 11.8 Å². The summed E-state index contributed by atoms with van der Waals surface area (Å²) in [4.78, 5) is 26.6. The van der Waals surface area contributed by atoms with Gasteiger partial charge in [-0.2, -0.15) is 0 Å². The maximum Gasteiger partial charge on any atom is 0.244 e. The number of amides is 2. The van der Waals surface area contributed by atoms with Gasteiger partial charge in [-0.1, -0.05) is 12.1 Å². The Bertz CT molecular complexity index is 640. The van der Waals surface area contributed by atoms with Gasteiger partial charge in [-0.05, 0) is 51.8 Å². The van der Waals surface area contributed by atoms with Gasteiger partial charge in [0, 0.05) is 11.3 Å². The number of thioether (sulfide) groups is 1. The van der Waals surface area contributed by atoms with Gasteiger partial charge < -0.3 is 15.0 Å². The predicted octanol–water partition coefficient (Wildman–Crippen LogP) is 2.89. The van der Waals surface area contributed by atoms with Crippen LogP contribution in [-0.4, -0.2) is 46.5 Å². The Labute approximate surface area is 154 Å². The zero-order valence-electron chi connectivity index (χ0n) is 15.7. The van der Waals surface area contributed by atoms with Crippen molar-refractivity contribution in [3.63, 3.8) is 0 Å². The summed E-state index contributed by atoms with van der Waals surface area (Å²) in [5.74, 6) is 1.90. The Hall–Kier alpha value is -1.69. The molecule has 1 atom stereocenters. The molecule has 0 aromatic heterocycles. The minimum atomic E-state index is -0.391. The van der Waals surface area contributed by atoms with Crippen LogP contribution in [0.15, 0.2) is 18.2 Å². The second-order valence-electron chi connectivity index (χ2n) is 7.41. The largest absolute Gasteiger partial charge is 0.493 e. The fourth-order valence-corrected chi connectivity index (χ4v) is 3.81. The first-order chi connectivity index (χ1) is 11.7. The average Bonchev–Trinajstić information content (AvgIpc) is 2.99. The van der Waals surface area contributed by atoms with Crippen molar-refractivity contribution in [2.75, 3.05) is 18.2 Å². The third-order valence-electron chi connectivity index (χ3n) is 4.13. The van der Waals surface area contributed by atoms with Crippen LogP contribution in [0, 0.1) is 13.8 Å². The highest BCUT2D eigenvalue weighted by molar-refractivity contribution is 7.99. The summed E-state index contributed by atoms with van der Waals surface area (Å²) < 4.78 is 5.77. The fourth-order valence-electron chi connectivity index (χ4n) is 2.63. The zero-order chi connectivity index (χ0) is 18.6. The van der Waals surface area contributed by atoms with Crippen molar-refractivity contribution >= 4 is 23.6 Å². The lowest BCUT2D eigenvalue weighted by atomic mass is 10.1. The number of carbonyl (C=O) groups is 2. The highest BCUT2D eigenvalue weighted by Gasteiger charge is 2.35. The lowest BCUT2D eigenvalue weighted by molar-refractivity contribution is -0.139. The number of hydrogen-bond donors (Lipinski definition) is 1. The first-order valence-electron chi connectivity index (χ1n) is 8.57. The van der Waals surface area contributed by atoms with E-state index in [1.165, 1.54) is 5.56 Å². The molecule has 0 aliphatic carbocycles. The number of hydrogen-bond acceptors (Lipinski definition) is 4. The monoisotopic (exact) mass is 364 g/mol. The van der Waals surface area contributed by atoms with Crippen LogP contribution < -0.4 is 10.1 Å². The Morgan fingerprint density at radius 1 is 1.32 bits per heavy atom. The summed E-state index contributed by atoms with van der Waals surface area (Å²) in [6, 6.07) is 5.51. The van der Waals surface area contributed by atoms with Crippen LogP contribution in [0.3, 0.4) is 0 Å². The van der Waals surface area contributed by atoms with Crippen molar-refractivity contribution in [1.82, 2.24) is 10.2 Å². The van der Waals surface area contributed by atoms with Gasteiger partial charge in [-0.15, -0.1) is 11.8 Å². The molecule has 1 fully saturated rings. The van der Waals surface area contributed by atoms with E-state index in [2.05, 4.69) is 5.32 Å². The molecule has 2 amide bonds. The highest BCUT2D eigenvalue weighted by Crippen LogP contribution is 2.24. The molecular formula is C19H28N2O3S. The van der Waals surface area contributed by atoms with Crippen molar-refractivity contribution < 1.29 is 14.3 Å². The Morgan fingerprint density at radius 3 is 2.72 bits per heavy atom. The van der Waals surface area contributed by atoms with E-state index in [0.29, 0.717) is 18.2 Å². The predicted molar refractivity (Wildman–Crippen MR) is 102 cm³/mol. The molecule has 6 heteroatoms. The second-order valence-corrected chi connectivity index (χ2v) is 8.41. The molecule has 0 saturated carbocycles. The summed E-state index contributed by atoms with van der Waals surface area (Å²) in [6.45, 7) is 10.2. The molecule has 0 bridgehead atoms. The van der Waals surface area contributed by atoms with E-state index in [4.69, 9.17) is 4.74 Å². The van der Waals surface area contributed by atoms with Crippen LogP contribution in [0.2, 0.25) is 0 Å². The Morgan fingerprint density at radius 2 is 2.04 bits per heavy atom. The van der Waals surface area contributed by atoms with Crippen LogP contribution in [-0.2, 0) is 9.59 Å². The Balaban J connectivity index is 1.89. The molecule has 138 valence electrons. The van der Waals surface area contributed by atoms with Gasteiger partial charge in [0.05, 0.1) is 18.9 Å². The van der Waals surface area contributed by atoms with Crippen LogP contribution in [0.25, 0.3) is 0 Å². The van der Waals surface area contributed by atoms with E-state index in [-0.39, 0.29) is 23.8 Å². The number of nitrogens with one attached hydrogen (secondary N) is 1. The quantitative estimate of drug-likeness (QED) is 0.873. The molecular weight excluding hydrogens is 336 g/mol. The number of rotatable bonds is 5. The highest BCUT2D eigenvalue weighted by atomic mass is 32.2. The standard InChI is InChI=1S/C19H28N2O3S/c1-13-7-6-8-16(14(13)2)24-10-9-17(22)21-12-25-11-15(21)18(23)20-19(3,4)5/h6-8,15H,9-12H2,1-5H3,(H,20,23). The summed E-state index contributed by atoms with van der Waals surface area (Å²) in [5, 5.41) is 2.96. The van der Waals surface area contributed by atoms with Crippen molar-refractivity contribution in [1.29, 1.82) is 0 Å². The van der Waals surface area contributed by atoms with E-state index in [1.807, 2.05) is 52.8 Å². The van der Waals surface area contributed by atoms with Crippen molar-refractivity contribution in [3.05, 3.63) is 29.3 Å². The smallest absolute Gasteiger partial charge is 0.244 e. The molecule has 1 N–H and O–H groups in total. The Kier molecular flexibility index (Phi) is 6.38. The molecule has 1 aromatic carbocycles. The third-order valence-corrected chi connectivity index (χ3v) is 5.14. The molecule has 25 heavy (non-hydrogen) atoms. The van der Waals surface area contributed by atoms with E-state index in [0.717, 1.165) is 11.3 Å². The first-order valence-corrected chi connectivity index (χ1v) is 9.73. The lowest BCUT2D eigenvalue weighted by Gasteiger charge is -2.27. The maximum absolute atomic E-state index is 12.5. The molecule has 0 spiro atoms. The van der Waals surface area contributed by atoms with Gasteiger partial charge in [-0.3, -0.25) is 9.59 Å². The molecule has 1 aromatic rings. The third kappa shape index (κ3) is 5.39. The van der Waals surface area contributed by atoms with Gasteiger partial charge >= 0.3 is 0 Å². The van der Waals surface area contributed by atoms with Crippen molar-refractivity contribution in [2.45, 2.75) is 52.6 Å². The number of carbonyl (C=O) groups excluding carboxylic acids is 2. The van der Waals surface area contributed by atoms with Gasteiger partial charge in [0.2, 0.25) is 11.8 Å². The van der Waals surface area contributed by atoms with Crippen LogP contribution in [0.4, 0.5) is 0 Å². The summed E-state index contributed by atoms with van der Waals surface area (Å²) in [7, 11) is 0. The van der Waals surface area contributed by atoms with E-state index in [1.54, 1.807) is 16.7 Å². The number of ether oxygens (including phenoxy) is 1. The van der Waals surface area contributed by atoms with Crippen molar-refractivity contribution in [3.8, 4) is 5.75 Å². The molecule has 0 radical (unpaired) electrons. The van der Waals surface area contributed by atoms with Crippen LogP contribution in [0.1, 0.15) is 38.3 Å². The maximum atomic E-state index is 12.5. The minimum absolute atomic E-state index is 0.0376. The van der Waals surface area contributed by atoms with Gasteiger partial charge in [-0.25, -0.2) is 0 Å². The number of aryl methyl sites for hydroxylation is 1. The number of benzene rings is 1. The molecule has 1 aliphatic heterocycles. The second kappa shape index (κ2) is 8.13. The lowest BCUT2D eigenvalue weighted by Crippen LogP contribution is -2.52. The summed E-state index contributed by atoms with van der Waals surface area (Å²) in [5.41, 5.74) is 1.96. The molecule has 5 nitrogen and oxygen atoms in total.